The second kappa shape index (κ2) is 59.5. The van der Waals surface area contributed by atoms with E-state index in [1.54, 1.807) is 68.9 Å². The molecule has 6 aliphatic rings. The summed E-state index contributed by atoms with van der Waals surface area (Å²) in [5.74, 6) is -1.82. The number of anilines is 4. The van der Waals surface area contributed by atoms with E-state index in [0.717, 1.165) is 52.5 Å². The molecule has 6 aliphatic heterocycles. The van der Waals surface area contributed by atoms with Crippen LogP contribution < -0.4 is 30.8 Å². The molecule has 778 valence electrons. The highest BCUT2D eigenvalue weighted by atomic mass is 127. The Bertz CT molecular complexity index is 5810. The topological polar surface area (TPSA) is 449 Å². The fourth-order valence-electron chi connectivity index (χ4n) is 13.7. The predicted molar refractivity (Wildman–Crippen MR) is 565 cm³/mol. The molecule has 0 aliphatic carbocycles. The van der Waals surface area contributed by atoms with Gasteiger partial charge in [0, 0.05) is 62.2 Å². The summed E-state index contributed by atoms with van der Waals surface area (Å²) in [6.07, 6.45) is 4.45. The van der Waals surface area contributed by atoms with Crippen LogP contribution in [0.15, 0.2) is 169 Å². The zero-order valence-electron chi connectivity index (χ0n) is 81.6. The summed E-state index contributed by atoms with van der Waals surface area (Å²) in [6, 6.07) is 42.8. The van der Waals surface area contributed by atoms with Gasteiger partial charge in [-0.3, -0.25) is 50.3 Å². The van der Waals surface area contributed by atoms with Crippen molar-refractivity contribution >= 4 is 228 Å². The number of nitrogens with zero attached hydrogens (tertiary/aromatic N) is 17. The molecule has 10 aromatic rings. The Morgan fingerprint density at radius 1 is 0.527 bits per heavy atom. The van der Waals surface area contributed by atoms with Crippen LogP contribution in [0.3, 0.4) is 0 Å². The third-order valence-corrected chi connectivity index (χ3v) is 25.4. The molecule has 0 saturated carbocycles. The average Bonchev–Trinajstić information content (AvgIpc) is 1.61. The Morgan fingerprint density at radius 3 is 1.10 bits per heavy atom. The maximum Gasteiger partial charge on any atom is 0.497 e. The van der Waals surface area contributed by atoms with Crippen molar-refractivity contribution in [3.63, 3.8) is 0 Å². The predicted octanol–water partition coefficient (Wildman–Crippen LogP) is 16.6. The summed E-state index contributed by atoms with van der Waals surface area (Å²) < 4.78 is 121. The van der Waals surface area contributed by atoms with Crippen molar-refractivity contribution in [1.82, 2.24) is 65.5 Å². The second-order valence-electron chi connectivity index (χ2n) is 34.4. The van der Waals surface area contributed by atoms with E-state index in [4.69, 9.17) is 127 Å². The quantitative estimate of drug-likeness (QED) is 0.00361. The number of hydrogen-bond donors (Lipinski definition) is 4. The lowest BCUT2D eigenvalue weighted by atomic mass is 9.78. The molecule has 6 saturated heterocycles. The van der Waals surface area contributed by atoms with Crippen molar-refractivity contribution in [2.24, 2.45) is 5.73 Å². The smallest absolute Gasteiger partial charge is 0.497 e. The van der Waals surface area contributed by atoms with Crippen molar-refractivity contribution < 1.29 is 97.9 Å². The molecule has 38 nitrogen and oxygen atoms in total. The van der Waals surface area contributed by atoms with Crippen LogP contribution in [0.5, 0.6) is 0 Å². The van der Waals surface area contributed by atoms with Gasteiger partial charge in [0.15, 0.2) is 4.84 Å². The third-order valence-electron chi connectivity index (χ3n) is 22.6. The number of nitrogens with one attached hydrogen (secondary N) is 3. The number of carbonyl (C=O) groups excluding carboxylic acids is 6. The van der Waals surface area contributed by atoms with Gasteiger partial charge >= 0.3 is 61.6 Å². The van der Waals surface area contributed by atoms with Crippen LogP contribution in [0.25, 0.3) is 22.3 Å². The number of halogens is 12. The Labute approximate surface area is 899 Å². The van der Waals surface area contributed by atoms with Crippen LogP contribution in [0, 0.1) is 43.1 Å². The number of ether oxygens (including phenoxy) is 4. The number of alkyl halides is 3. The fourth-order valence-corrected chi connectivity index (χ4v) is 14.3. The maximum absolute atomic E-state index is 14.8. The van der Waals surface area contributed by atoms with Gasteiger partial charge in [0.1, 0.15) is 85.9 Å². The minimum atomic E-state index is -1.08. The minimum absolute atomic E-state index is 0. The van der Waals surface area contributed by atoms with E-state index in [-0.39, 0.29) is 72.6 Å². The summed E-state index contributed by atoms with van der Waals surface area (Å²) >= 11 is 29.3. The van der Waals surface area contributed by atoms with Crippen molar-refractivity contribution in [1.29, 1.82) is 16.2 Å². The second-order valence-corrected chi connectivity index (χ2v) is 38.6. The van der Waals surface area contributed by atoms with Crippen molar-refractivity contribution in [3.05, 3.63) is 213 Å². The Balaban J connectivity index is 0.000000234. The molecule has 16 rings (SSSR count). The van der Waals surface area contributed by atoms with E-state index in [1.807, 2.05) is 151 Å². The van der Waals surface area contributed by atoms with E-state index < -0.39 is 87.7 Å². The van der Waals surface area contributed by atoms with Gasteiger partial charge in [-0.15, -0.1) is 39.3 Å². The Hall–Kier alpha value is -10.7. The van der Waals surface area contributed by atoms with Crippen molar-refractivity contribution in [2.45, 2.75) is 192 Å². The summed E-state index contributed by atoms with van der Waals surface area (Å²) in [5, 5.41) is 52.0. The summed E-state index contributed by atoms with van der Waals surface area (Å²) in [7, 11) is 4.77. The first-order chi connectivity index (χ1) is 68.8. The van der Waals surface area contributed by atoms with Gasteiger partial charge < -0.3 is 57.3 Å². The number of hydrogen-bond acceptors (Lipinski definition) is 31. The molecule has 6 fully saturated rings. The lowest BCUT2D eigenvalue weighted by Gasteiger charge is -2.32. The first-order valence-electron chi connectivity index (χ1n) is 44.7. The number of cyclic esters (lactones) is 4. The standard InChI is InChI=1S/C19H17BFN6O3.C18H17FN6O2.C17H22B2FN2O5.C11H10BFIN2O3.C8H7BrN4.C8H19N.C6H12BO2.C2HCl3O.C2H2Cl2O.ClH/c21-18-7-15(27-10-16(30-19(27)28)8-20-29-11-22)5-6-17(18)14-3-1-13(2-4-14)9-26-12-23-24-25-26;19-17-7-14(25-10-15(8-20)27-18(25)26)5-6-16(17)13-3-1-12(2-4-13)9-24-11-21-22-23-24;1-16(2)17(3,4)27-19(26-16)13-6-5-11(7-14(13)20)22-9-12(25-15(22)23)8-18-24-10-21;13-9-3-7(1-2-10(9)14)16-5-8(19-11(16)17)4-12-18-6-15;9-8-3-1-7(2-4-8)5-13-6-10-11-12-13;1-6-9(7(2)3)8(4)5;1-5(2)6(3,4)9-7-8-5;3-1(4)2(5)6;3-1-2(4)5;/h1-7,11-12,16,22H,8-10H2;1-7,11,15H,8-10,20H2;5-7,10,12,21H,8-9H2,1-4H3;1-3,6,8,15H,4-5H2;1-4,6H,5H2;7-8H,6H2,1-5H3;1-4H3;1H;1H2;1H/t16-;15-;12-;8-;;;;;;/m0000....../s1. The molecule has 146 heavy (non-hydrogen) atoms. The van der Waals surface area contributed by atoms with E-state index in [9.17, 15) is 46.3 Å². The summed E-state index contributed by atoms with van der Waals surface area (Å²) in [5.41, 5.74) is 11.6. The van der Waals surface area contributed by atoms with Gasteiger partial charge in [0.25, 0.3) is 5.24 Å². The Kier molecular flexibility index (Phi) is 49.8. The van der Waals surface area contributed by atoms with Crippen molar-refractivity contribution in [2.75, 3.05) is 64.7 Å². The number of aromatic nitrogens is 12. The number of rotatable bonds is 31. The van der Waals surface area contributed by atoms with Crippen LogP contribution in [0.4, 0.5) is 59.5 Å². The van der Waals surface area contributed by atoms with E-state index in [0.29, 0.717) is 101 Å². The van der Waals surface area contributed by atoms with Gasteiger partial charge in [-0.1, -0.05) is 113 Å². The molecule has 0 unspecified atom stereocenters. The number of carbonyl (C=O) groups is 6. The largest absolute Gasteiger partial charge is 0.556 e. The molecule has 9 heterocycles. The molecule has 4 amide bonds. The van der Waals surface area contributed by atoms with Crippen molar-refractivity contribution in [3.8, 4) is 22.3 Å². The van der Waals surface area contributed by atoms with Gasteiger partial charge in [-0.2, -0.15) is 0 Å². The monoisotopic (exact) mass is 2310 g/mol. The highest BCUT2D eigenvalue weighted by molar-refractivity contribution is 14.1. The molecule has 0 bridgehead atoms. The molecule has 4 radical (unpaired) electrons. The Morgan fingerprint density at radius 2 is 0.842 bits per heavy atom. The highest BCUT2D eigenvalue weighted by Gasteiger charge is 2.53. The van der Waals surface area contributed by atoms with E-state index in [1.165, 1.54) is 92.2 Å². The summed E-state index contributed by atoms with van der Waals surface area (Å²) in [6.45, 7) is 31.2. The number of tetrazole rings is 3. The van der Waals surface area contributed by atoms with Crippen LogP contribution in [-0.4, -0.2) is 266 Å². The number of amides is 4. The zero-order valence-corrected chi connectivity index (χ0v) is 90.0. The highest BCUT2D eigenvalue weighted by Crippen LogP contribution is 2.39. The molecular formula is C91H108B5BrCl6F4IN21O17. The fraction of sp³-hybridized carbons (Fsp3) is 0.407. The molecule has 4 atom stereocenters. The lowest BCUT2D eigenvalue weighted by Crippen LogP contribution is -2.41. The average molecular weight is 2320 g/mol. The zero-order chi connectivity index (χ0) is 106. The molecule has 3 aromatic heterocycles. The first-order valence-corrected chi connectivity index (χ1v) is 48.8. The SMILES string of the molecule is Brc1ccc(Cn2cnnn2)cc1.CC1(C)OB(c2ccc(N3C[C@H](C[B]OC=N)OC3=O)cc2F)OC1(C)C.CC1(C)O[B]OC1(C)C.CCN(C(C)C)C(C)C.Cl.N=CO[B]C[C@H]1CN(c2ccc(-c3ccc(Cn4cnnn4)cc3)c(F)c2)C(=O)O1.N=CO[B]C[C@H]1CN(c2ccc(I)c(F)c2)C(=O)O1.NC[C@H]1CN(c2ccc(-c3ccc(Cn4cnnn4)cc3)c(F)c2)C(=O)O1.O=C(Cl)C(Cl)Cl.O=C(Cl)CCl. The molecule has 55 heteroatoms. The van der Waals surface area contributed by atoms with Gasteiger partial charge in [-0.05, 0) is 273 Å². The van der Waals surface area contributed by atoms with Crippen LogP contribution in [-0.2, 0) is 80.8 Å². The number of nitrogens with two attached hydrogens (primary N) is 1. The van der Waals surface area contributed by atoms with Crippen LogP contribution >= 0.6 is 109 Å². The minimum Gasteiger partial charge on any atom is -0.556 e. The van der Waals surface area contributed by atoms with Crippen LogP contribution in [0.1, 0.15) is 107 Å². The summed E-state index contributed by atoms with van der Waals surface area (Å²) in [4.78, 5) is 73.8. The van der Waals surface area contributed by atoms with Gasteiger partial charge in [0.2, 0.25) is 5.24 Å². The molecule has 0 spiro atoms. The lowest BCUT2D eigenvalue weighted by molar-refractivity contribution is -0.110. The van der Waals surface area contributed by atoms with E-state index in [2.05, 4.69) is 107 Å². The maximum atomic E-state index is 14.8. The number of benzene rings is 7. The normalized spacial score (nSPS) is 17.1. The van der Waals surface area contributed by atoms with Gasteiger partial charge in [0.05, 0.1) is 96.8 Å². The molecular weight excluding hydrogens is 2210 g/mol. The van der Waals surface area contributed by atoms with Crippen LogP contribution in [0.2, 0.25) is 19.0 Å². The first kappa shape index (κ1) is 122. The molecule has 5 N–H and O–H groups in total. The van der Waals surface area contributed by atoms with E-state index >= 15 is 0 Å². The third kappa shape index (κ3) is 37.6. The molecule has 7 aromatic carbocycles. The van der Waals surface area contributed by atoms with Gasteiger partial charge in [-0.25, -0.2) is 50.8 Å².